The van der Waals surface area contributed by atoms with E-state index in [1.807, 2.05) is 0 Å². The van der Waals surface area contributed by atoms with Crippen molar-refractivity contribution < 1.29 is 26.5 Å². The van der Waals surface area contributed by atoms with Crippen molar-refractivity contribution in [2.45, 2.75) is 10.7 Å². The minimum atomic E-state index is -5.18. The second kappa shape index (κ2) is 4.08. The largest absolute Gasteiger partial charge is 0.341 e. The van der Waals surface area contributed by atoms with Gasteiger partial charge in [-0.3, -0.25) is 10.1 Å². The lowest BCUT2D eigenvalue weighted by Gasteiger charge is -2.03. The Bertz CT molecular complexity index is 528. The molecule has 0 saturated carbocycles. The lowest BCUT2D eigenvalue weighted by atomic mass is 10.3. The molecule has 16 heavy (non-hydrogen) atoms. The van der Waals surface area contributed by atoms with Crippen molar-refractivity contribution in [3.8, 4) is 0 Å². The highest BCUT2D eigenvalue weighted by Gasteiger charge is 2.33. The molecule has 0 bridgehead atoms. The summed E-state index contributed by atoms with van der Waals surface area (Å²) in [5.74, 6) is -5.61. The van der Waals surface area contributed by atoms with Gasteiger partial charge >= 0.3 is 11.4 Å². The van der Waals surface area contributed by atoms with Gasteiger partial charge in [-0.25, -0.2) is 8.42 Å². The smallest absolute Gasteiger partial charge is 0.258 e. The van der Waals surface area contributed by atoms with Crippen molar-refractivity contribution in [3.63, 3.8) is 0 Å². The third-order valence-corrected chi connectivity index (χ3v) is 3.08. The van der Waals surface area contributed by atoms with E-state index in [1.54, 1.807) is 0 Å². The van der Waals surface area contributed by atoms with E-state index in [0.29, 0.717) is 12.1 Å². The quantitative estimate of drug-likeness (QED) is 0.608. The van der Waals surface area contributed by atoms with Crippen molar-refractivity contribution >= 4 is 15.5 Å². The molecular weight excluding hydrogens is 251 g/mol. The molecule has 1 aromatic carbocycles. The fourth-order valence-electron chi connectivity index (χ4n) is 0.956. The summed E-state index contributed by atoms with van der Waals surface area (Å²) in [4.78, 5) is 7.68. The molecule has 0 atom stereocenters. The summed E-state index contributed by atoms with van der Waals surface area (Å²) >= 11 is 0. The first-order chi connectivity index (χ1) is 7.28. The predicted octanol–water partition coefficient (Wildman–Crippen LogP) is 1.73. The monoisotopic (exact) mass is 255 g/mol. The van der Waals surface area contributed by atoms with Gasteiger partial charge in [0.2, 0.25) is 15.7 Å². The van der Waals surface area contributed by atoms with Gasteiger partial charge in [-0.1, -0.05) is 6.07 Å². The second-order valence-electron chi connectivity index (χ2n) is 2.65. The van der Waals surface area contributed by atoms with Crippen LogP contribution in [0.5, 0.6) is 0 Å². The lowest BCUT2D eigenvalue weighted by Crippen LogP contribution is -2.13. The third-order valence-electron chi connectivity index (χ3n) is 1.68. The number of alkyl halides is 2. The number of rotatable bonds is 3. The van der Waals surface area contributed by atoms with Crippen LogP contribution < -0.4 is 0 Å². The van der Waals surface area contributed by atoms with Crippen LogP contribution in [0.1, 0.15) is 0 Å². The van der Waals surface area contributed by atoms with E-state index in [2.05, 4.69) is 0 Å². The Morgan fingerprint density at radius 1 is 1.31 bits per heavy atom. The van der Waals surface area contributed by atoms with Crippen LogP contribution in [0, 0.1) is 15.9 Å². The molecule has 1 rings (SSSR count). The van der Waals surface area contributed by atoms with E-state index < -0.39 is 36.9 Å². The Morgan fingerprint density at radius 3 is 2.31 bits per heavy atom. The molecule has 0 radical (unpaired) electrons. The Balaban J connectivity index is 3.49. The topological polar surface area (TPSA) is 77.3 Å². The number of hydrogen-bond donors (Lipinski definition) is 0. The third kappa shape index (κ3) is 1.98. The molecule has 9 heteroatoms. The summed E-state index contributed by atoms with van der Waals surface area (Å²) < 4.78 is 59.2. The zero-order chi connectivity index (χ0) is 12.5. The minimum absolute atomic E-state index is 0.545. The van der Waals surface area contributed by atoms with Crippen molar-refractivity contribution in [1.29, 1.82) is 0 Å². The maximum absolute atomic E-state index is 13.2. The van der Waals surface area contributed by atoms with E-state index in [-0.39, 0.29) is 0 Å². The van der Waals surface area contributed by atoms with Gasteiger partial charge in [0.05, 0.1) is 4.92 Å². The van der Waals surface area contributed by atoms with Crippen molar-refractivity contribution in [3.05, 3.63) is 34.1 Å². The highest BCUT2D eigenvalue weighted by atomic mass is 32.2. The lowest BCUT2D eigenvalue weighted by molar-refractivity contribution is -0.387. The Kier molecular flexibility index (Phi) is 3.17. The van der Waals surface area contributed by atoms with Gasteiger partial charge in [-0.15, -0.1) is 0 Å². The fraction of sp³-hybridized carbons (Fsp3) is 0.143. The van der Waals surface area contributed by atoms with Gasteiger partial charge in [0.25, 0.3) is 0 Å². The number of nitro benzene ring substituents is 1. The minimum Gasteiger partial charge on any atom is -0.258 e. The van der Waals surface area contributed by atoms with Crippen molar-refractivity contribution in [2.24, 2.45) is 0 Å². The van der Waals surface area contributed by atoms with Crippen LogP contribution in [0.2, 0.25) is 0 Å². The maximum Gasteiger partial charge on any atom is 0.341 e. The van der Waals surface area contributed by atoms with E-state index in [4.69, 9.17) is 0 Å². The standard InChI is InChI=1S/C7H4F3NO4S/c8-6-4(11(12)13)2-1-3-5(6)16(14,15)7(9)10/h1-3,7H. The summed E-state index contributed by atoms with van der Waals surface area (Å²) in [6.07, 6.45) is 0. The average molecular weight is 255 g/mol. The molecule has 0 aliphatic rings. The maximum atomic E-state index is 13.2. The molecule has 0 aromatic heterocycles. The molecule has 0 amide bonds. The van der Waals surface area contributed by atoms with Gasteiger partial charge in [0.15, 0.2) is 0 Å². The summed E-state index contributed by atoms with van der Waals surface area (Å²) in [6.45, 7) is 0. The molecular formula is C7H4F3NO4S. The molecule has 0 saturated heterocycles. The van der Waals surface area contributed by atoms with Crippen LogP contribution in [0.25, 0.3) is 0 Å². The molecule has 0 spiro atoms. The zero-order valence-electron chi connectivity index (χ0n) is 7.43. The number of hydrogen-bond acceptors (Lipinski definition) is 4. The molecule has 5 nitrogen and oxygen atoms in total. The second-order valence-corrected chi connectivity index (χ2v) is 4.54. The summed E-state index contributed by atoms with van der Waals surface area (Å²) in [6, 6.07) is 2.04. The first-order valence-electron chi connectivity index (χ1n) is 3.73. The normalized spacial score (nSPS) is 11.8. The van der Waals surface area contributed by atoms with Crippen LogP contribution in [0.15, 0.2) is 23.1 Å². The predicted molar refractivity (Wildman–Crippen MR) is 46.2 cm³/mol. The number of sulfone groups is 1. The Morgan fingerprint density at radius 2 is 1.88 bits per heavy atom. The van der Waals surface area contributed by atoms with Gasteiger partial charge in [0.1, 0.15) is 4.90 Å². The number of nitrogens with zero attached hydrogens (tertiary/aromatic N) is 1. The van der Waals surface area contributed by atoms with Crippen LogP contribution in [-0.2, 0) is 9.84 Å². The van der Waals surface area contributed by atoms with E-state index >= 15 is 0 Å². The molecule has 0 unspecified atom stereocenters. The Labute approximate surface area is 87.6 Å². The molecule has 0 heterocycles. The van der Waals surface area contributed by atoms with Gasteiger partial charge in [0, 0.05) is 6.07 Å². The van der Waals surface area contributed by atoms with Crippen LogP contribution in [-0.4, -0.2) is 19.1 Å². The van der Waals surface area contributed by atoms with Gasteiger partial charge in [-0.2, -0.15) is 13.2 Å². The van der Waals surface area contributed by atoms with Crippen molar-refractivity contribution in [2.75, 3.05) is 0 Å². The highest BCUT2D eigenvalue weighted by Crippen LogP contribution is 2.27. The van der Waals surface area contributed by atoms with Crippen molar-refractivity contribution in [1.82, 2.24) is 0 Å². The first-order valence-corrected chi connectivity index (χ1v) is 5.28. The first kappa shape index (κ1) is 12.4. The molecule has 0 aliphatic carbocycles. The summed E-state index contributed by atoms with van der Waals surface area (Å²) in [7, 11) is -5.18. The molecule has 0 fully saturated rings. The molecule has 1 aromatic rings. The SMILES string of the molecule is O=[N+]([O-])c1cccc(S(=O)(=O)C(F)F)c1F. The molecule has 0 N–H and O–H groups in total. The van der Waals surface area contributed by atoms with Crippen LogP contribution in [0.4, 0.5) is 18.9 Å². The van der Waals surface area contributed by atoms with Crippen LogP contribution >= 0.6 is 0 Å². The fourth-order valence-corrected chi connectivity index (χ4v) is 1.77. The summed E-state index contributed by atoms with van der Waals surface area (Å²) in [5.41, 5.74) is -1.17. The number of benzene rings is 1. The number of halogens is 3. The van der Waals surface area contributed by atoms with Gasteiger partial charge < -0.3 is 0 Å². The van der Waals surface area contributed by atoms with Crippen LogP contribution in [0.3, 0.4) is 0 Å². The van der Waals surface area contributed by atoms with E-state index in [1.165, 1.54) is 0 Å². The Hall–Kier alpha value is -1.64. The zero-order valence-corrected chi connectivity index (χ0v) is 8.25. The average Bonchev–Trinajstić information content (AvgIpc) is 2.16. The molecule has 88 valence electrons. The van der Waals surface area contributed by atoms with Gasteiger partial charge in [-0.05, 0) is 6.07 Å². The van der Waals surface area contributed by atoms with E-state index in [9.17, 15) is 31.7 Å². The molecule has 0 aliphatic heterocycles. The summed E-state index contributed by atoms with van der Waals surface area (Å²) in [5, 5.41) is 10.3. The highest BCUT2D eigenvalue weighted by molar-refractivity contribution is 7.91. The number of nitro groups is 1. The van der Waals surface area contributed by atoms with E-state index in [0.717, 1.165) is 6.07 Å².